The topological polar surface area (TPSA) is 61.8 Å². The van der Waals surface area contributed by atoms with Gasteiger partial charge in [0.2, 0.25) is 0 Å². The first kappa shape index (κ1) is 62.6. The highest BCUT2D eigenvalue weighted by Crippen LogP contribution is 2.14. The van der Waals surface area contributed by atoms with Gasteiger partial charge in [0.15, 0.2) is 6.10 Å². The minimum atomic E-state index is -0.570. The molecule has 0 heterocycles. The van der Waals surface area contributed by atoms with Gasteiger partial charge in [-0.05, 0) is 103 Å². The van der Waals surface area contributed by atoms with E-state index in [1.165, 1.54) is 89.9 Å². The molecule has 0 fully saturated rings. The molecule has 1 unspecified atom stereocenters. The molecule has 0 aliphatic heterocycles. The number of unbranched alkanes of at least 4 members (excludes halogenated alkanes) is 20. The van der Waals surface area contributed by atoms with Crippen LogP contribution in [0.2, 0.25) is 0 Å². The number of hydrogen-bond acceptors (Lipinski definition) is 5. The van der Waals surface area contributed by atoms with Gasteiger partial charge in [-0.15, -0.1) is 0 Å². The maximum Gasteiger partial charge on any atom is 0.306 e. The number of rotatable bonds is 49. The molecule has 5 heteroatoms. The molecule has 0 saturated heterocycles. The highest BCUT2D eigenvalue weighted by atomic mass is 16.6. The molecule has 0 aromatic rings. The number of carbonyl (C=O) groups excluding carboxylic acids is 2. The van der Waals surface area contributed by atoms with E-state index in [2.05, 4.69) is 130 Å². The Morgan fingerprint density at radius 3 is 1.09 bits per heavy atom. The van der Waals surface area contributed by atoms with E-state index in [-0.39, 0.29) is 25.2 Å². The summed E-state index contributed by atoms with van der Waals surface area (Å²) in [5, 5.41) is 0. The maximum absolute atomic E-state index is 12.8. The molecule has 0 rings (SSSR count). The van der Waals surface area contributed by atoms with Crippen molar-refractivity contribution in [3.63, 3.8) is 0 Å². The fourth-order valence-corrected chi connectivity index (χ4v) is 7.29. The summed E-state index contributed by atoms with van der Waals surface area (Å²) in [6, 6.07) is 0. The third-order valence-electron chi connectivity index (χ3n) is 11.3. The lowest BCUT2D eigenvalue weighted by molar-refractivity contribution is -0.163. The normalized spacial score (nSPS) is 13.1. The van der Waals surface area contributed by atoms with E-state index in [0.717, 1.165) is 116 Å². The molecule has 0 aliphatic carbocycles. The molecule has 0 N–H and O–H groups in total. The summed E-state index contributed by atoms with van der Waals surface area (Å²) in [7, 11) is 0. The standard InChI is InChI=1S/C61H102O5/c1-4-7-10-13-16-19-22-25-27-29-31-32-34-37-39-42-45-48-51-54-60(62)65-58-59(66-61(63)55-52-49-46-43-40-36-24-21-18-15-12-9-6-3)57-64-56-53-50-47-44-41-38-35-33-30-28-26-23-20-17-14-11-8-5-2/h7-8,10-11,16-17,19-20,25-28,31-33,35,41,44,59H,4-6,9,12-15,18,21-24,29-30,34,36-40,42-43,45-58H2,1-3H3/b10-7-,11-8-,19-16-,20-17-,27-25-,28-26-,32-31-,35-33-,44-41-. The largest absolute Gasteiger partial charge is 0.462 e. The van der Waals surface area contributed by atoms with Gasteiger partial charge in [-0.1, -0.05) is 233 Å². The van der Waals surface area contributed by atoms with E-state index in [4.69, 9.17) is 14.2 Å². The zero-order valence-corrected chi connectivity index (χ0v) is 43.2. The molecule has 0 radical (unpaired) electrons. The third kappa shape index (κ3) is 53.2. The van der Waals surface area contributed by atoms with Gasteiger partial charge in [-0.2, -0.15) is 0 Å². The molecule has 0 spiro atoms. The predicted molar refractivity (Wildman–Crippen MR) is 288 cm³/mol. The molecule has 0 aromatic carbocycles. The Bertz CT molecular complexity index is 1310. The second kappa shape index (κ2) is 55.9. The summed E-state index contributed by atoms with van der Waals surface area (Å²) in [5.41, 5.74) is 0. The highest BCUT2D eigenvalue weighted by Gasteiger charge is 2.17. The van der Waals surface area contributed by atoms with Crippen molar-refractivity contribution in [3.8, 4) is 0 Å². The van der Waals surface area contributed by atoms with Crippen LogP contribution in [0.5, 0.6) is 0 Å². The lowest BCUT2D eigenvalue weighted by atomic mass is 10.0. The Balaban J connectivity index is 4.37. The fraction of sp³-hybridized carbons (Fsp3) is 0.672. The zero-order valence-electron chi connectivity index (χ0n) is 43.2. The number of ether oxygens (including phenoxy) is 3. The van der Waals surface area contributed by atoms with Crippen LogP contribution >= 0.6 is 0 Å². The van der Waals surface area contributed by atoms with Crippen LogP contribution in [-0.2, 0) is 23.8 Å². The average molecular weight is 915 g/mol. The van der Waals surface area contributed by atoms with Crippen LogP contribution in [-0.4, -0.2) is 37.9 Å². The van der Waals surface area contributed by atoms with E-state index >= 15 is 0 Å². The van der Waals surface area contributed by atoms with Crippen LogP contribution < -0.4 is 0 Å². The van der Waals surface area contributed by atoms with Gasteiger partial charge in [0.25, 0.3) is 0 Å². The minimum absolute atomic E-state index is 0.0561. The van der Waals surface area contributed by atoms with E-state index in [9.17, 15) is 9.59 Å². The first-order chi connectivity index (χ1) is 32.6. The van der Waals surface area contributed by atoms with Crippen LogP contribution in [0.1, 0.15) is 239 Å². The van der Waals surface area contributed by atoms with Crippen molar-refractivity contribution >= 4 is 11.9 Å². The summed E-state index contributed by atoms with van der Waals surface area (Å²) in [6.07, 6.45) is 76.8. The molecule has 0 aliphatic rings. The molecular weight excluding hydrogens is 813 g/mol. The molecule has 1 atom stereocenters. The van der Waals surface area contributed by atoms with Crippen molar-refractivity contribution < 1.29 is 23.8 Å². The molecule has 0 aromatic heterocycles. The Morgan fingerprint density at radius 2 is 0.682 bits per heavy atom. The lowest BCUT2D eigenvalue weighted by Crippen LogP contribution is -2.30. The molecule has 5 nitrogen and oxygen atoms in total. The summed E-state index contributed by atoms with van der Waals surface area (Å²) in [6.45, 7) is 7.49. The van der Waals surface area contributed by atoms with E-state index in [1.807, 2.05) is 0 Å². The highest BCUT2D eigenvalue weighted by molar-refractivity contribution is 5.70. The summed E-state index contributed by atoms with van der Waals surface area (Å²) in [4.78, 5) is 25.5. The van der Waals surface area contributed by atoms with Crippen molar-refractivity contribution in [1.82, 2.24) is 0 Å². The van der Waals surface area contributed by atoms with Gasteiger partial charge in [0.1, 0.15) is 6.61 Å². The summed E-state index contributed by atoms with van der Waals surface area (Å²) >= 11 is 0. The van der Waals surface area contributed by atoms with Gasteiger partial charge in [-0.25, -0.2) is 0 Å². The number of allylic oxidation sites excluding steroid dienone is 18. The lowest BCUT2D eigenvalue weighted by Gasteiger charge is -2.18. The van der Waals surface area contributed by atoms with Crippen LogP contribution in [0.15, 0.2) is 109 Å². The Labute approximate surface area is 408 Å². The number of esters is 2. The van der Waals surface area contributed by atoms with Crippen LogP contribution in [0, 0.1) is 0 Å². The van der Waals surface area contributed by atoms with Gasteiger partial charge >= 0.3 is 11.9 Å². The molecule has 376 valence electrons. The van der Waals surface area contributed by atoms with Crippen molar-refractivity contribution in [2.75, 3.05) is 19.8 Å². The van der Waals surface area contributed by atoms with E-state index < -0.39 is 6.10 Å². The van der Waals surface area contributed by atoms with Crippen molar-refractivity contribution in [3.05, 3.63) is 109 Å². The average Bonchev–Trinajstić information content (AvgIpc) is 3.32. The van der Waals surface area contributed by atoms with Crippen LogP contribution in [0.4, 0.5) is 0 Å². The van der Waals surface area contributed by atoms with E-state index in [1.54, 1.807) is 0 Å². The number of carbonyl (C=O) groups is 2. The Kier molecular flexibility index (Phi) is 53.0. The quantitative estimate of drug-likeness (QED) is 0.0346. The molecule has 0 bridgehead atoms. The smallest absolute Gasteiger partial charge is 0.306 e. The minimum Gasteiger partial charge on any atom is -0.462 e. The summed E-state index contributed by atoms with van der Waals surface area (Å²) in [5.74, 6) is -0.438. The third-order valence-corrected chi connectivity index (χ3v) is 11.3. The van der Waals surface area contributed by atoms with Crippen LogP contribution in [0.3, 0.4) is 0 Å². The number of hydrogen-bond donors (Lipinski definition) is 0. The Morgan fingerprint density at radius 1 is 0.348 bits per heavy atom. The molecule has 0 saturated carbocycles. The fourth-order valence-electron chi connectivity index (χ4n) is 7.29. The van der Waals surface area contributed by atoms with Gasteiger partial charge in [-0.3, -0.25) is 9.59 Å². The maximum atomic E-state index is 12.8. The monoisotopic (exact) mass is 915 g/mol. The molecule has 0 amide bonds. The molecule has 66 heavy (non-hydrogen) atoms. The second-order valence-corrected chi connectivity index (χ2v) is 17.7. The van der Waals surface area contributed by atoms with Gasteiger partial charge < -0.3 is 14.2 Å². The Hall–Kier alpha value is -3.44. The zero-order chi connectivity index (χ0) is 47.7. The van der Waals surface area contributed by atoms with Crippen molar-refractivity contribution in [1.29, 1.82) is 0 Å². The predicted octanol–water partition coefficient (Wildman–Crippen LogP) is 18.8. The van der Waals surface area contributed by atoms with Gasteiger partial charge in [0, 0.05) is 19.4 Å². The van der Waals surface area contributed by atoms with Gasteiger partial charge in [0.05, 0.1) is 6.61 Å². The van der Waals surface area contributed by atoms with Crippen LogP contribution in [0.25, 0.3) is 0 Å². The van der Waals surface area contributed by atoms with E-state index in [0.29, 0.717) is 19.4 Å². The first-order valence-electron chi connectivity index (χ1n) is 27.4. The SMILES string of the molecule is CC/C=C\C/C=C\C/C=C\C/C=C\C/C=C\CCCCOCC(COC(=O)CCCCCCCC/C=C\C/C=C\C/C=C\C/C=C\CC)OC(=O)CCCCCCCCCCCCCCC. The molecular formula is C61H102O5. The summed E-state index contributed by atoms with van der Waals surface area (Å²) < 4.78 is 17.4. The van der Waals surface area contributed by atoms with Crippen molar-refractivity contribution in [2.45, 2.75) is 245 Å². The second-order valence-electron chi connectivity index (χ2n) is 17.7. The first-order valence-corrected chi connectivity index (χ1v) is 27.4. The van der Waals surface area contributed by atoms with Crippen molar-refractivity contribution in [2.24, 2.45) is 0 Å².